The number of benzene rings is 1. The summed E-state index contributed by atoms with van der Waals surface area (Å²) in [7, 11) is 0. The number of halogens is 1. The minimum Gasteiger partial charge on any atom is -0.290 e. The van der Waals surface area contributed by atoms with Gasteiger partial charge in [-0.1, -0.05) is 18.2 Å². The van der Waals surface area contributed by atoms with Crippen molar-refractivity contribution in [1.29, 1.82) is 0 Å². The molecule has 0 saturated carbocycles. The molecule has 1 aromatic rings. The molecule has 0 saturated heterocycles. The van der Waals surface area contributed by atoms with Gasteiger partial charge in [-0.2, -0.15) is 0 Å². The maximum Gasteiger partial charge on any atom is 0.132 e. The molecule has 2 heteroatoms. The van der Waals surface area contributed by atoms with E-state index in [0.717, 1.165) is 0 Å². The summed E-state index contributed by atoms with van der Waals surface area (Å²) in [6.07, 6.45) is 4.09. The summed E-state index contributed by atoms with van der Waals surface area (Å²) in [6.45, 7) is 2.09. The normalized spacial score (nSPS) is 16.9. The molecule has 0 N–H and O–H groups in total. The molecule has 0 radical (unpaired) electrons. The Morgan fingerprint density at radius 3 is 3.00 bits per heavy atom. The van der Waals surface area contributed by atoms with Crippen LogP contribution in [0.2, 0.25) is 0 Å². The lowest BCUT2D eigenvalue weighted by molar-refractivity contribution is 0.460. The van der Waals surface area contributed by atoms with E-state index in [2.05, 4.69) is 23.2 Å². The van der Waals surface area contributed by atoms with Crippen LogP contribution in [0.3, 0.4) is 0 Å². The summed E-state index contributed by atoms with van der Waals surface area (Å²) in [5.41, 5.74) is 4.12. The number of aryl methyl sites for hydroxylation is 2. The van der Waals surface area contributed by atoms with Gasteiger partial charge in [0.25, 0.3) is 0 Å². The highest BCUT2D eigenvalue weighted by atomic mass is 19.1. The van der Waals surface area contributed by atoms with Gasteiger partial charge in [0.2, 0.25) is 0 Å². The van der Waals surface area contributed by atoms with E-state index in [9.17, 15) is 4.39 Å². The fourth-order valence-corrected chi connectivity index (χ4v) is 2.03. The molecule has 1 unspecified atom stereocenters. The molecule has 0 spiro atoms. The number of hydrogen-bond donors (Lipinski definition) is 0. The number of nitrogens with zero attached hydrogens (tertiary/aromatic N) is 1. The fourth-order valence-electron chi connectivity index (χ4n) is 2.03. The highest BCUT2D eigenvalue weighted by Crippen LogP contribution is 2.22. The van der Waals surface area contributed by atoms with Crippen LogP contribution in [0.1, 0.15) is 30.0 Å². The van der Waals surface area contributed by atoms with Crippen LogP contribution in [0.4, 0.5) is 4.39 Å². The lowest BCUT2D eigenvalue weighted by Crippen LogP contribution is -1.94. The van der Waals surface area contributed by atoms with Gasteiger partial charge in [0.1, 0.15) is 6.17 Å². The van der Waals surface area contributed by atoms with Crippen LogP contribution in [0.25, 0.3) is 0 Å². The first-order valence-corrected chi connectivity index (χ1v) is 5.50. The molecule has 0 aliphatic heterocycles. The highest BCUT2D eigenvalue weighted by Gasteiger charge is 2.10. The van der Waals surface area contributed by atoms with Gasteiger partial charge in [-0.3, -0.25) is 4.99 Å². The van der Waals surface area contributed by atoms with Gasteiger partial charge in [0, 0.05) is 6.21 Å². The van der Waals surface area contributed by atoms with Gasteiger partial charge in [-0.05, 0) is 42.9 Å². The van der Waals surface area contributed by atoms with Crippen molar-refractivity contribution in [2.24, 2.45) is 4.99 Å². The van der Waals surface area contributed by atoms with Gasteiger partial charge in [-0.25, -0.2) is 4.39 Å². The van der Waals surface area contributed by atoms with Crippen LogP contribution >= 0.6 is 0 Å². The van der Waals surface area contributed by atoms with Crippen molar-refractivity contribution in [3.63, 3.8) is 0 Å². The predicted octanol–water partition coefficient (Wildman–Crippen LogP) is 3.10. The van der Waals surface area contributed by atoms with Crippen LogP contribution in [0.5, 0.6) is 0 Å². The first kappa shape index (κ1) is 10.3. The number of fused-ring (bicyclic) bond motifs is 1. The van der Waals surface area contributed by atoms with Crippen molar-refractivity contribution in [1.82, 2.24) is 0 Å². The lowest BCUT2D eigenvalue weighted by Gasteiger charge is -2.02. The van der Waals surface area contributed by atoms with E-state index in [1.165, 1.54) is 49.1 Å². The SMILES string of the molecule is CC(F)C=NCc1ccc2c(c1)CCC2. The summed E-state index contributed by atoms with van der Waals surface area (Å²) in [5, 5.41) is 0. The first-order valence-electron chi connectivity index (χ1n) is 5.50. The Hall–Kier alpha value is -1.18. The number of alkyl halides is 1. The van der Waals surface area contributed by atoms with Gasteiger partial charge in [0.15, 0.2) is 0 Å². The molecule has 0 amide bonds. The minimum absolute atomic E-state index is 0.599. The summed E-state index contributed by atoms with van der Waals surface area (Å²) in [5.74, 6) is 0. The van der Waals surface area contributed by atoms with Crippen LogP contribution in [-0.2, 0) is 19.4 Å². The number of hydrogen-bond acceptors (Lipinski definition) is 1. The van der Waals surface area contributed by atoms with Crippen molar-refractivity contribution in [2.75, 3.05) is 0 Å². The van der Waals surface area contributed by atoms with E-state index in [1.54, 1.807) is 0 Å². The van der Waals surface area contributed by atoms with Crippen molar-refractivity contribution >= 4 is 6.21 Å². The molecule has 1 aliphatic rings. The van der Waals surface area contributed by atoms with Crippen LogP contribution in [0.15, 0.2) is 23.2 Å². The Balaban J connectivity index is 2.04. The molecular weight excluding hydrogens is 189 g/mol. The van der Waals surface area contributed by atoms with E-state index in [4.69, 9.17) is 0 Å². The van der Waals surface area contributed by atoms with Crippen molar-refractivity contribution in [2.45, 2.75) is 38.9 Å². The first-order chi connectivity index (χ1) is 7.25. The van der Waals surface area contributed by atoms with Crippen molar-refractivity contribution < 1.29 is 4.39 Å². The largest absolute Gasteiger partial charge is 0.290 e. The van der Waals surface area contributed by atoms with Crippen molar-refractivity contribution in [3.8, 4) is 0 Å². The molecule has 0 aromatic heterocycles. The molecule has 0 bridgehead atoms. The summed E-state index contributed by atoms with van der Waals surface area (Å²) in [4.78, 5) is 4.07. The van der Waals surface area contributed by atoms with E-state index >= 15 is 0 Å². The van der Waals surface area contributed by atoms with E-state index in [1.807, 2.05) is 0 Å². The Morgan fingerprint density at radius 1 is 1.40 bits per heavy atom. The Bertz CT molecular complexity index is 369. The quantitative estimate of drug-likeness (QED) is 0.672. The molecule has 0 fully saturated rings. The van der Waals surface area contributed by atoms with E-state index in [-0.39, 0.29) is 0 Å². The molecule has 80 valence electrons. The smallest absolute Gasteiger partial charge is 0.132 e. The second-order valence-corrected chi connectivity index (χ2v) is 4.12. The standard InChI is InChI=1S/C13H16FN/c1-10(14)8-15-9-11-5-6-12-3-2-4-13(12)7-11/h5-8,10H,2-4,9H2,1H3. The molecule has 1 nitrogen and oxygen atoms in total. The average Bonchev–Trinajstić information content (AvgIpc) is 2.64. The van der Waals surface area contributed by atoms with Crippen LogP contribution in [-0.4, -0.2) is 12.4 Å². The summed E-state index contributed by atoms with van der Waals surface area (Å²) < 4.78 is 12.5. The van der Waals surface area contributed by atoms with Crippen LogP contribution < -0.4 is 0 Å². The van der Waals surface area contributed by atoms with Crippen molar-refractivity contribution in [3.05, 3.63) is 34.9 Å². The number of aliphatic imine (C=N–C) groups is 1. The Labute approximate surface area is 90.0 Å². The minimum atomic E-state index is -0.945. The zero-order valence-electron chi connectivity index (χ0n) is 9.04. The van der Waals surface area contributed by atoms with E-state index in [0.29, 0.717) is 6.54 Å². The molecule has 1 aliphatic carbocycles. The molecule has 15 heavy (non-hydrogen) atoms. The molecule has 1 aromatic carbocycles. The van der Waals surface area contributed by atoms with Gasteiger partial charge >= 0.3 is 0 Å². The average molecular weight is 205 g/mol. The molecular formula is C13H16FN. The topological polar surface area (TPSA) is 12.4 Å². The van der Waals surface area contributed by atoms with E-state index < -0.39 is 6.17 Å². The summed E-state index contributed by atoms with van der Waals surface area (Å²) in [6, 6.07) is 6.50. The van der Waals surface area contributed by atoms with Gasteiger partial charge in [-0.15, -0.1) is 0 Å². The third-order valence-electron chi connectivity index (χ3n) is 2.75. The zero-order valence-corrected chi connectivity index (χ0v) is 9.04. The molecule has 0 heterocycles. The third kappa shape index (κ3) is 2.65. The highest BCUT2D eigenvalue weighted by molar-refractivity contribution is 5.62. The number of rotatable bonds is 3. The zero-order chi connectivity index (χ0) is 10.7. The Kier molecular flexibility index (Phi) is 3.14. The predicted molar refractivity (Wildman–Crippen MR) is 61.2 cm³/mol. The van der Waals surface area contributed by atoms with Gasteiger partial charge < -0.3 is 0 Å². The van der Waals surface area contributed by atoms with Crippen LogP contribution in [0, 0.1) is 0 Å². The fraction of sp³-hybridized carbons (Fsp3) is 0.462. The van der Waals surface area contributed by atoms with Gasteiger partial charge in [0.05, 0.1) is 6.54 Å². The second-order valence-electron chi connectivity index (χ2n) is 4.12. The Morgan fingerprint density at radius 2 is 2.20 bits per heavy atom. The summed E-state index contributed by atoms with van der Waals surface area (Å²) >= 11 is 0. The molecule has 1 atom stereocenters. The molecule has 2 rings (SSSR count). The monoisotopic (exact) mass is 205 g/mol. The lowest BCUT2D eigenvalue weighted by atomic mass is 10.1. The third-order valence-corrected chi connectivity index (χ3v) is 2.75. The second kappa shape index (κ2) is 4.56. The maximum atomic E-state index is 12.5. The maximum absolute atomic E-state index is 12.5.